The average molecular weight is 202 g/mol. The molecule has 0 bridgehead atoms. The van der Waals surface area contributed by atoms with Crippen molar-refractivity contribution >= 4 is 11.0 Å². The van der Waals surface area contributed by atoms with Gasteiger partial charge in [0.25, 0.3) is 0 Å². The van der Waals surface area contributed by atoms with Crippen LogP contribution in [0.2, 0.25) is 0 Å². The Morgan fingerprint density at radius 2 is 2.40 bits per heavy atom. The third-order valence-electron chi connectivity index (χ3n) is 2.39. The number of aliphatic hydroxyl groups is 1. The minimum absolute atomic E-state index is 0.345. The van der Waals surface area contributed by atoms with Gasteiger partial charge in [0.15, 0.2) is 0 Å². The smallest absolute Gasteiger partial charge is 0.0931 e. The van der Waals surface area contributed by atoms with Crippen LogP contribution in [0.15, 0.2) is 37.2 Å². The predicted molar refractivity (Wildman–Crippen MR) is 60.6 cm³/mol. The number of rotatable bonds is 4. The number of nitrogens with one attached hydrogen (secondary N) is 1. The summed E-state index contributed by atoms with van der Waals surface area (Å²) in [6.45, 7) is 3.61. The van der Waals surface area contributed by atoms with E-state index in [0.717, 1.165) is 16.6 Å². The maximum atomic E-state index is 9.63. The van der Waals surface area contributed by atoms with Crippen LogP contribution in [0.4, 0.5) is 0 Å². The molecule has 0 saturated heterocycles. The largest absolute Gasteiger partial charge is 0.392 e. The SMILES string of the molecule is C=CCC(O)Cc1ccc2nc[nH]c2c1. The number of hydrogen-bond donors (Lipinski definition) is 2. The monoisotopic (exact) mass is 202 g/mol. The molecule has 3 nitrogen and oxygen atoms in total. The highest BCUT2D eigenvalue weighted by atomic mass is 16.3. The quantitative estimate of drug-likeness (QED) is 0.745. The number of imidazole rings is 1. The minimum atomic E-state index is -0.345. The molecule has 0 amide bonds. The van der Waals surface area contributed by atoms with Crippen molar-refractivity contribution in [2.24, 2.45) is 0 Å². The second-order valence-corrected chi connectivity index (χ2v) is 3.64. The number of benzene rings is 1. The molecule has 0 radical (unpaired) electrons. The summed E-state index contributed by atoms with van der Waals surface area (Å²) in [6.07, 6.45) is 4.35. The van der Waals surface area contributed by atoms with Gasteiger partial charge in [0.1, 0.15) is 0 Å². The summed E-state index contributed by atoms with van der Waals surface area (Å²) < 4.78 is 0. The van der Waals surface area contributed by atoms with E-state index in [4.69, 9.17) is 0 Å². The van der Waals surface area contributed by atoms with Gasteiger partial charge in [-0.1, -0.05) is 12.1 Å². The second-order valence-electron chi connectivity index (χ2n) is 3.64. The maximum absolute atomic E-state index is 9.63. The van der Waals surface area contributed by atoms with E-state index in [1.54, 1.807) is 12.4 Å². The van der Waals surface area contributed by atoms with E-state index in [1.807, 2.05) is 18.2 Å². The first-order chi connectivity index (χ1) is 7.29. The van der Waals surface area contributed by atoms with Gasteiger partial charge in [-0.05, 0) is 30.5 Å². The van der Waals surface area contributed by atoms with Crippen LogP contribution in [0, 0.1) is 0 Å². The van der Waals surface area contributed by atoms with Gasteiger partial charge in [0, 0.05) is 0 Å². The Balaban J connectivity index is 2.17. The topological polar surface area (TPSA) is 48.9 Å². The molecule has 1 unspecified atom stereocenters. The number of aromatic nitrogens is 2. The van der Waals surface area contributed by atoms with Gasteiger partial charge >= 0.3 is 0 Å². The summed E-state index contributed by atoms with van der Waals surface area (Å²) >= 11 is 0. The van der Waals surface area contributed by atoms with Crippen LogP contribution in [0.1, 0.15) is 12.0 Å². The fourth-order valence-electron chi connectivity index (χ4n) is 1.66. The molecule has 0 aliphatic rings. The molecule has 2 aromatic rings. The Labute approximate surface area is 88.5 Å². The zero-order valence-electron chi connectivity index (χ0n) is 8.48. The predicted octanol–water partition coefficient (Wildman–Crippen LogP) is 2.04. The van der Waals surface area contributed by atoms with E-state index in [2.05, 4.69) is 16.5 Å². The Hall–Kier alpha value is -1.61. The normalized spacial score (nSPS) is 12.9. The van der Waals surface area contributed by atoms with Crippen LogP contribution in [0.25, 0.3) is 11.0 Å². The van der Waals surface area contributed by atoms with Crippen LogP contribution < -0.4 is 0 Å². The molecule has 0 fully saturated rings. The first kappa shape index (κ1) is 9.93. The first-order valence-corrected chi connectivity index (χ1v) is 5.00. The molecule has 1 atom stereocenters. The van der Waals surface area contributed by atoms with Gasteiger partial charge < -0.3 is 10.1 Å². The zero-order valence-corrected chi connectivity index (χ0v) is 8.48. The van der Waals surface area contributed by atoms with E-state index in [-0.39, 0.29) is 6.10 Å². The van der Waals surface area contributed by atoms with E-state index < -0.39 is 0 Å². The highest BCUT2D eigenvalue weighted by molar-refractivity contribution is 5.75. The lowest BCUT2D eigenvalue weighted by molar-refractivity contribution is 0.178. The Kier molecular flexibility index (Phi) is 2.83. The van der Waals surface area contributed by atoms with Crippen LogP contribution in [0.3, 0.4) is 0 Å². The van der Waals surface area contributed by atoms with Crippen molar-refractivity contribution in [3.05, 3.63) is 42.7 Å². The summed E-state index contributed by atoms with van der Waals surface area (Å²) in [5.74, 6) is 0. The number of fused-ring (bicyclic) bond motifs is 1. The summed E-state index contributed by atoms with van der Waals surface area (Å²) in [6, 6.07) is 5.98. The van der Waals surface area contributed by atoms with Crippen molar-refractivity contribution in [2.75, 3.05) is 0 Å². The lowest BCUT2D eigenvalue weighted by atomic mass is 10.1. The lowest BCUT2D eigenvalue weighted by Gasteiger charge is -2.07. The summed E-state index contributed by atoms with van der Waals surface area (Å²) in [5.41, 5.74) is 3.08. The van der Waals surface area contributed by atoms with E-state index >= 15 is 0 Å². The van der Waals surface area contributed by atoms with Gasteiger partial charge in [0.2, 0.25) is 0 Å². The van der Waals surface area contributed by atoms with Crippen molar-refractivity contribution in [3.8, 4) is 0 Å². The minimum Gasteiger partial charge on any atom is -0.392 e. The first-order valence-electron chi connectivity index (χ1n) is 5.00. The molecule has 2 N–H and O–H groups in total. The van der Waals surface area contributed by atoms with Crippen LogP contribution in [0.5, 0.6) is 0 Å². The molecule has 15 heavy (non-hydrogen) atoms. The molecular weight excluding hydrogens is 188 g/mol. The molecule has 1 aromatic carbocycles. The zero-order chi connectivity index (χ0) is 10.7. The highest BCUT2D eigenvalue weighted by Gasteiger charge is 2.04. The molecule has 3 heteroatoms. The number of H-pyrrole nitrogens is 1. The molecule has 0 aliphatic heterocycles. The summed E-state index contributed by atoms with van der Waals surface area (Å²) in [4.78, 5) is 7.19. The molecule has 0 saturated carbocycles. The molecular formula is C12H14N2O. The van der Waals surface area contributed by atoms with Gasteiger partial charge in [-0.2, -0.15) is 0 Å². The third-order valence-corrected chi connectivity index (χ3v) is 2.39. The number of hydrogen-bond acceptors (Lipinski definition) is 2. The van der Waals surface area contributed by atoms with Crippen molar-refractivity contribution in [1.29, 1.82) is 0 Å². The van der Waals surface area contributed by atoms with Crippen LogP contribution in [-0.4, -0.2) is 21.2 Å². The molecule has 1 heterocycles. The van der Waals surface area contributed by atoms with Crippen molar-refractivity contribution < 1.29 is 5.11 Å². The summed E-state index contributed by atoms with van der Waals surface area (Å²) in [7, 11) is 0. The van der Waals surface area contributed by atoms with Gasteiger partial charge in [0.05, 0.1) is 23.5 Å². The molecule has 78 valence electrons. The number of aromatic amines is 1. The molecule has 0 spiro atoms. The second kappa shape index (κ2) is 4.28. The standard InChI is InChI=1S/C12H14N2O/c1-2-3-10(15)6-9-4-5-11-12(7-9)14-8-13-11/h2,4-5,7-8,10,15H,1,3,6H2,(H,13,14). The van der Waals surface area contributed by atoms with Gasteiger partial charge in [-0.25, -0.2) is 4.98 Å². The van der Waals surface area contributed by atoms with Gasteiger partial charge in [-0.3, -0.25) is 0 Å². The van der Waals surface area contributed by atoms with Crippen LogP contribution in [-0.2, 0) is 6.42 Å². The molecule has 2 rings (SSSR count). The Morgan fingerprint density at radius 1 is 1.53 bits per heavy atom. The highest BCUT2D eigenvalue weighted by Crippen LogP contribution is 2.13. The van der Waals surface area contributed by atoms with E-state index in [0.29, 0.717) is 12.8 Å². The van der Waals surface area contributed by atoms with E-state index in [9.17, 15) is 5.11 Å². The van der Waals surface area contributed by atoms with Crippen LogP contribution >= 0.6 is 0 Å². The van der Waals surface area contributed by atoms with Gasteiger partial charge in [-0.15, -0.1) is 6.58 Å². The molecule has 0 aliphatic carbocycles. The number of nitrogens with zero attached hydrogens (tertiary/aromatic N) is 1. The maximum Gasteiger partial charge on any atom is 0.0931 e. The Morgan fingerprint density at radius 3 is 3.20 bits per heavy atom. The Bertz CT molecular complexity index is 461. The van der Waals surface area contributed by atoms with Crippen molar-refractivity contribution in [1.82, 2.24) is 9.97 Å². The number of aliphatic hydroxyl groups excluding tert-OH is 1. The summed E-state index contributed by atoms with van der Waals surface area (Å²) in [5, 5.41) is 9.63. The lowest BCUT2D eigenvalue weighted by Crippen LogP contribution is -2.08. The fraction of sp³-hybridized carbons (Fsp3) is 0.250. The van der Waals surface area contributed by atoms with E-state index in [1.165, 1.54) is 0 Å². The molecule has 1 aromatic heterocycles. The average Bonchev–Trinajstić information content (AvgIpc) is 2.65. The van der Waals surface area contributed by atoms with Crippen molar-refractivity contribution in [3.63, 3.8) is 0 Å². The fourth-order valence-corrected chi connectivity index (χ4v) is 1.66. The third kappa shape index (κ3) is 2.25. The van der Waals surface area contributed by atoms with Crippen molar-refractivity contribution in [2.45, 2.75) is 18.9 Å².